The fourth-order valence-electron chi connectivity index (χ4n) is 0.889. The van der Waals surface area contributed by atoms with Gasteiger partial charge in [0.25, 0.3) is 0 Å². The zero-order valence-corrected chi connectivity index (χ0v) is 8.37. The van der Waals surface area contributed by atoms with Crippen molar-refractivity contribution in [1.82, 2.24) is 0 Å². The normalized spacial score (nSPS) is 8.62. The summed E-state index contributed by atoms with van der Waals surface area (Å²) in [5.41, 5.74) is 1.43. The van der Waals surface area contributed by atoms with E-state index in [4.69, 9.17) is 5.11 Å². The lowest BCUT2D eigenvalue weighted by molar-refractivity contribution is 0.101. The van der Waals surface area contributed by atoms with Crippen molar-refractivity contribution >= 4 is 5.78 Å². The Morgan fingerprint density at radius 1 is 1.38 bits per heavy atom. The van der Waals surface area contributed by atoms with E-state index in [1.807, 2.05) is 13.8 Å². The molecular formula is C11H16O2. The molecule has 0 fully saturated rings. The van der Waals surface area contributed by atoms with Crippen LogP contribution in [0.15, 0.2) is 24.3 Å². The minimum atomic E-state index is -0.0128. The fraction of sp³-hybridized carbons (Fsp3) is 0.364. The van der Waals surface area contributed by atoms with Crippen LogP contribution in [0, 0.1) is 0 Å². The van der Waals surface area contributed by atoms with Gasteiger partial charge >= 0.3 is 0 Å². The second kappa shape index (κ2) is 6.38. The number of Topliss-reactive ketones (excluding diaryl/α,β-unsaturated/α-hetero) is 1. The summed E-state index contributed by atoms with van der Waals surface area (Å²) in [6.45, 7) is 5.50. The minimum absolute atomic E-state index is 0.0128. The van der Waals surface area contributed by atoms with E-state index in [2.05, 4.69) is 0 Å². The molecule has 0 radical (unpaired) electrons. The van der Waals surface area contributed by atoms with Gasteiger partial charge in [0.05, 0.1) is 6.61 Å². The van der Waals surface area contributed by atoms with Gasteiger partial charge in [-0.05, 0) is 18.6 Å². The minimum Gasteiger partial charge on any atom is -0.392 e. The monoisotopic (exact) mass is 180 g/mol. The molecule has 0 saturated carbocycles. The summed E-state index contributed by atoms with van der Waals surface area (Å²) in [7, 11) is 0. The standard InChI is InChI=1S/C9H10O2.C2H6/c1-7(11)9-4-2-3-8(5-9)6-10;1-2/h2-5,10H,6H2,1H3;1-2H3. The van der Waals surface area contributed by atoms with E-state index in [-0.39, 0.29) is 12.4 Å². The largest absolute Gasteiger partial charge is 0.392 e. The average molecular weight is 180 g/mol. The average Bonchev–Trinajstić information content (AvgIpc) is 2.21. The molecule has 72 valence electrons. The van der Waals surface area contributed by atoms with Gasteiger partial charge in [0.2, 0.25) is 0 Å². The molecule has 0 atom stereocenters. The zero-order chi connectivity index (χ0) is 10.3. The second-order valence-corrected chi connectivity index (χ2v) is 2.41. The first kappa shape index (κ1) is 11.8. The van der Waals surface area contributed by atoms with Crippen molar-refractivity contribution in [3.8, 4) is 0 Å². The highest BCUT2D eigenvalue weighted by atomic mass is 16.3. The van der Waals surface area contributed by atoms with Crippen molar-refractivity contribution in [3.63, 3.8) is 0 Å². The highest BCUT2D eigenvalue weighted by Gasteiger charge is 1.98. The Morgan fingerprint density at radius 3 is 2.46 bits per heavy atom. The van der Waals surface area contributed by atoms with E-state index < -0.39 is 0 Å². The molecule has 0 spiro atoms. The molecule has 1 rings (SSSR count). The van der Waals surface area contributed by atoms with Crippen LogP contribution in [-0.2, 0) is 6.61 Å². The Kier molecular flexibility index (Phi) is 5.81. The quantitative estimate of drug-likeness (QED) is 0.709. The Hall–Kier alpha value is -1.15. The number of aliphatic hydroxyl groups is 1. The fourth-order valence-corrected chi connectivity index (χ4v) is 0.889. The van der Waals surface area contributed by atoms with Crippen LogP contribution in [0.2, 0.25) is 0 Å². The highest BCUT2D eigenvalue weighted by Crippen LogP contribution is 2.05. The number of rotatable bonds is 2. The zero-order valence-electron chi connectivity index (χ0n) is 8.37. The van der Waals surface area contributed by atoms with Crippen molar-refractivity contribution < 1.29 is 9.90 Å². The summed E-state index contributed by atoms with van der Waals surface area (Å²) in [6.07, 6.45) is 0. The number of hydrogen-bond acceptors (Lipinski definition) is 2. The van der Waals surface area contributed by atoms with Crippen molar-refractivity contribution in [3.05, 3.63) is 35.4 Å². The Balaban J connectivity index is 0.000000671. The second-order valence-electron chi connectivity index (χ2n) is 2.41. The molecule has 0 unspecified atom stereocenters. The van der Waals surface area contributed by atoms with Gasteiger partial charge in [0.1, 0.15) is 0 Å². The molecule has 2 heteroatoms. The lowest BCUT2D eigenvalue weighted by Crippen LogP contribution is -1.93. The van der Waals surface area contributed by atoms with Crippen molar-refractivity contribution in [2.75, 3.05) is 0 Å². The van der Waals surface area contributed by atoms with Crippen molar-refractivity contribution in [2.24, 2.45) is 0 Å². The summed E-state index contributed by atoms with van der Waals surface area (Å²) < 4.78 is 0. The van der Waals surface area contributed by atoms with E-state index in [0.29, 0.717) is 5.56 Å². The predicted molar refractivity (Wildman–Crippen MR) is 53.7 cm³/mol. The van der Waals surface area contributed by atoms with Crippen LogP contribution in [0.5, 0.6) is 0 Å². The molecule has 13 heavy (non-hydrogen) atoms. The van der Waals surface area contributed by atoms with E-state index in [9.17, 15) is 4.79 Å². The van der Waals surface area contributed by atoms with Gasteiger partial charge in [-0.3, -0.25) is 4.79 Å². The summed E-state index contributed by atoms with van der Waals surface area (Å²) in [6, 6.07) is 6.98. The topological polar surface area (TPSA) is 37.3 Å². The summed E-state index contributed by atoms with van der Waals surface area (Å²) in [5.74, 6) is 0.0281. The van der Waals surface area contributed by atoms with Gasteiger partial charge in [0.15, 0.2) is 5.78 Å². The number of carbonyl (C=O) groups is 1. The molecule has 2 nitrogen and oxygen atoms in total. The molecule has 0 bridgehead atoms. The van der Waals surface area contributed by atoms with Crippen LogP contribution in [0.1, 0.15) is 36.7 Å². The molecular weight excluding hydrogens is 164 g/mol. The molecule has 0 saturated heterocycles. The summed E-state index contributed by atoms with van der Waals surface area (Å²) in [5, 5.41) is 8.73. The molecule has 0 amide bonds. The molecule has 1 aromatic rings. The maximum atomic E-state index is 10.8. The first-order valence-electron chi connectivity index (χ1n) is 4.45. The molecule has 0 aliphatic heterocycles. The summed E-state index contributed by atoms with van der Waals surface area (Å²) >= 11 is 0. The Bertz CT molecular complexity index is 267. The van der Waals surface area contributed by atoms with Gasteiger partial charge in [-0.15, -0.1) is 0 Å². The molecule has 0 aromatic heterocycles. The van der Waals surface area contributed by atoms with Gasteiger partial charge < -0.3 is 5.11 Å². The number of aliphatic hydroxyl groups excluding tert-OH is 1. The van der Waals surface area contributed by atoms with Crippen LogP contribution >= 0.6 is 0 Å². The first-order valence-corrected chi connectivity index (χ1v) is 4.45. The first-order chi connectivity index (χ1) is 6.24. The van der Waals surface area contributed by atoms with Gasteiger partial charge in [-0.25, -0.2) is 0 Å². The van der Waals surface area contributed by atoms with Gasteiger partial charge in [0, 0.05) is 5.56 Å². The lowest BCUT2D eigenvalue weighted by Gasteiger charge is -1.97. The third kappa shape index (κ3) is 3.85. The van der Waals surface area contributed by atoms with Gasteiger partial charge in [-0.1, -0.05) is 32.0 Å². The third-order valence-electron chi connectivity index (χ3n) is 1.52. The third-order valence-corrected chi connectivity index (χ3v) is 1.52. The van der Waals surface area contributed by atoms with Crippen LogP contribution in [0.25, 0.3) is 0 Å². The Morgan fingerprint density at radius 2 is 2.00 bits per heavy atom. The van der Waals surface area contributed by atoms with Crippen molar-refractivity contribution in [1.29, 1.82) is 0 Å². The highest BCUT2D eigenvalue weighted by molar-refractivity contribution is 5.94. The molecule has 0 aliphatic carbocycles. The maximum absolute atomic E-state index is 10.8. The van der Waals surface area contributed by atoms with Crippen molar-refractivity contribution in [2.45, 2.75) is 27.4 Å². The SMILES string of the molecule is CC.CC(=O)c1cccc(CO)c1. The predicted octanol–water partition coefficient (Wildman–Crippen LogP) is 2.41. The number of benzene rings is 1. The molecule has 1 aromatic carbocycles. The van der Waals surface area contributed by atoms with E-state index in [0.717, 1.165) is 5.56 Å². The van der Waals surface area contributed by atoms with Crippen LogP contribution < -0.4 is 0 Å². The molecule has 0 heterocycles. The molecule has 0 aliphatic rings. The van der Waals surface area contributed by atoms with Crippen LogP contribution in [0.3, 0.4) is 0 Å². The van der Waals surface area contributed by atoms with Crippen LogP contribution in [-0.4, -0.2) is 10.9 Å². The van der Waals surface area contributed by atoms with E-state index in [1.165, 1.54) is 6.92 Å². The molecule has 1 N–H and O–H groups in total. The number of carbonyl (C=O) groups excluding carboxylic acids is 1. The van der Waals surface area contributed by atoms with E-state index in [1.54, 1.807) is 24.3 Å². The maximum Gasteiger partial charge on any atom is 0.159 e. The summed E-state index contributed by atoms with van der Waals surface area (Å²) in [4.78, 5) is 10.8. The van der Waals surface area contributed by atoms with Gasteiger partial charge in [-0.2, -0.15) is 0 Å². The number of hydrogen-bond donors (Lipinski definition) is 1. The number of ketones is 1. The smallest absolute Gasteiger partial charge is 0.159 e. The Labute approximate surface area is 79.2 Å². The van der Waals surface area contributed by atoms with Crippen LogP contribution in [0.4, 0.5) is 0 Å². The lowest BCUT2D eigenvalue weighted by atomic mass is 10.1. The van der Waals surface area contributed by atoms with E-state index >= 15 is 0 Å².